The van der Waals surface area contributed by atoms with Gasteiger partial charge in [0.1, 0.15) is 0 Å². The number of aryl methyl sites for hydroxylation is 1. The zero-order valence-electron chi connectivity index (χ0n) is 11.7. The molecule has 1 amide bonds. The fourth-order valence-corrected chi connectivity index (χ4v) is 2.63. The molecule has 0 unspecified atom stereocenters. The summed E-state index contributed by atoms with van der Waals surface area (Å²) in [7, 11) is 0. The number of para-hydroxylation sites is 1. The summed E-state index contributed by atoms with van der Waals surface area (Å²) in [6, 6.07) is 5.54. The fourth-order valence-electron chi connectivity index (χ4n) is 2.63. The number of anilines is 1. The lowest BCUT2D eigenvalue weighted by molar-refractivity contribution is -0.114. The largest absolute Gasteiger partial charge is 0.304 e. The quantitative estimate of drug-likeness (QED) is 0.579. The highest BCUT2D eigenvalue weighted by atomic mass is 16.2. The van der Waals surface area contributed by atoms with Crippen LogP contribution in [-0.2, 0) is 4.79 Å². The van der Waals surface area contributed by atoms with Crippen LogP contribution in [0.15, 0.2) is 18.2 Å². The van der Waals surface area contributed by atoms with E-state index in [1.807, 2.05) is 19.1 Å². The Balaban J connectivity index is 2.06. The number of carbonyl (C=O) groups excluding carboxylic acids is 2. The van der Waals surface area contributed by atoms with Crippen molar-refractivity contribution in [1.29, 1.82) is 0 Å². The highest BCUT2D eigenvalue weighted by Crippen LogP contribution is 2.32. The van der Waals surface area contributed by atoms with Gasteiger partial charge in [0.2, 0.25) is 0 Å². The minimum absolute atomic E-state index is 0.354. The first-order chi connectivity index (χ1) is 9.16. The normalized spacial score (nSPS) is 14.1. The van der Waals surface area contributed by atoms with Gasteiger partial charge in [0.05, 0.1) is 11.3 Å². The van der Waals surface area contributed by atoms with Gasteiger partial charge >= 0.3 is 0 Å². The summed E-state index contributed by atoms with van der Waals surface area (Å²) in [5.74, 6) is -0.716. The van der Waals surface area contributed by atoms with Gasteiger partial charge in [0.25, 0.3) is 11.7 Å². The number of benzene rings is 1. The van der Waals surface area contributed by atoms with Crippen molar-refractivity contribution in [3.8, 4) is 0 Å². The van der Waals surface area contributed by atoms with E-state index in [-0.39, 0.29) is 11.7 Å². The molecular weight excluding hydrogens is 238 g/mol. The molecule has 0 N–H and O–H groups in total. The zero-order valence-corrected chi connectivity index (χ0v) is 11.7. The van der Waals surface area contributed by atoms with Crippen LogP contribution in [0.3, 0.4) is 0 Å². The van der Waals surface area contributed by atoms with Gasteiger partial charge in [-0.15, -0.1) is 0 Å². The number of unbranched alkanes of at least 4 members (excludes halogenated alkanes) is 4. The molecule has 0 aliphatic carbocycles. The molecule has 3 nitrogen and oxygen atoms in total. The molecular formula is C16H21NO2. The van der Waals surface area contributed by atoms with Crippen LogP contribution in [0.5, 0.6) is 0 Å². The van der Waals surface area contributed by atoms with Gasteiger partial charge in [0.15, 0.2) is 0 Å². The molecule has 102 valence electrons. The van der Waals surface area contributed by atoms with E-state index < -0.39 is 0 Å². The number of carbonyl (C=O) groups is 2. The molecule has 1 aromatic carbocycles. The Morgan fingerprint density at radius 2 is 1.79 bits per heavy atom. The third kappa shape index (κ3) is 2.70. The van der Waals surface area contributed by atoms with Crippen LogP contribution in [-0.4, -0.2) is 18.2 Å². The van der Waals surface area contributed by atoms with Crippen LogP contribution < -0.4 is 4.90 Å². The number of hydrogen-bond donors (Lipinski definition) is 0. The van der Waals surface area contributed by atoms with Gasteiger partial charge in [0, 0.05) is 6.54 Å². The number of nitrogens with zero attached hydrogens (tertiary/aromatic N) is 1. The van der Waals surface area contributed by atoms with Gasteiger partial charge in [-0.2, -0.15) is 0 Å². The third-order valence-electron chi connectivity index (χ3n) is 3.68. The van der Waals surface area contributed by atoms with Gasteiger partial charge in [-0.05, 0) is 25.0 Å². The van der Waals surface area contributed by atoms with E-state index >= 15 is 0 Å². The monoisotopic (exact) mass is 259 g/mol. The van der Waals surface area contributed by atoms with E-state index in [1.54, 1.807) is 11.0 Å². The van der Waals surface area contributed by atoms with Crippen molar-refractivity contribution >= 4 is 17.4 Å². The summed E-state index contributed by atoms with van der Waals surface area (Å²) in [5.41, 5.74) is 2.40. The molecule has 19 heavy (non-hydrogen) atoms. The van der Waals surface area contributed by atoms with Crippen LogP contribution in [0.2, 0.25) is 0 Å². The second-order valence-electron chi connectivity index (χ2n) is 5.17. The predicted molar refractivity (Wildman–Crippen MR) is 76.6 cm³/mol. The lowest BCUT2D eigenvalue weighted by Crippen LogP contribution is -2.31. The van der Waals surface area contributed by atoms with E-state index in [2.05, 4.69) is 6.92 Å². The van der Waals surface area contributed by atoms with Gasteiger partial charge in [-0.25, -0.2) is 0 Å². The number of hydrogen-bond acceptors (Lipinski definition) is 2. The Labute approximate surface area is 114 Å². The van der Waals surface area contributed by atoms with Gasteiger partial charge in [-0.3, -0.25) is 9.59 Å². The summed E-state index contributed by atoms with van der Waals surface area (Å²) in [4.78, 5) is 25.6. The van der Waals surface area contributed by atoms with Gasteiger partial charge < -0.3 is 4.90 Å². The van der Waals surface area contributed by atoms with Crippen LogP contribution in [0, 0.1) is 6.92 Å². The second-order valence-corrected chi connectivity index (χ2v) is 5.17. The van der Waals surface area contributed by atoms with E-state index in [0.29, 0.717) is 12.1 Å². The van der Waals surface area contributed by atoms with Gasteiger partial charge in [-0.1, -0.05) is 44.7 Å². The Hall–Kier alpha value is -1.64. The molecule has 2 rings (SSSR count). The number of ketones is 1. The summed E-state index contributed by atoms with van der Waals surface area (Å²) >= 11 is 0. The molecule has 1 aliphatic rings. The zero-order chi connectivity index (χ0) is 13.8. The second kappa shape index (κ2) is 6.00. The Kier molecular flexibility index (Phi) is 4.35. The molecule has 0 fully saturated rings. The number of rotatable bonds is 6. The fraction of sp³-hybridized carbons (Fsp3) is 0.500. The van der Waals surface area contributed by atoms with E-state index in [1.165, 1.54) is 19.3 Å². The van der Waals surface area contributed by atoms with Crippen molar-refractivity contribution in [3.63, 3.8) is 0 Å². The summed E-state index contributed by atoms with van der Waals surface area (Å²) < 4.78 is 0. The number of fused-ring (bicyclic) bond motifs is 1. The predicted octanol–water partition coefficient (Wildman–Crippen LogP) is 3.49. The summed E-state index contributed by atoms with van der Waals surface area (Å²) in [6.07, 6.45) is 5.73. The highest BCUT2D eigenvalue weighted by Gasteiger charge is 2.36. The highest BCUT2D eigenvalue weighted by molar-refractivity contribution is 6.52. The van der Waals surface area contributed by atoms with Crippen LogP contribution >= 0.6 is 0 Å². The molecule has 1 aromatic rings. The van der Waals surface area contributed by atoms with E-state index in [4.69, 9.17) is 0 Å². The van der Waals surface area contributed by atoms with Crippen molar-refractivity contribution in [2.75, 3.05) is 11.4 Å². The Bertz CT molecular complexity index is 494. The van der Waals surface area contributed by atoms with E-state index in [0.717, 1.165) is 24.1 Å². The average Bonchev–Trinajstić information content (AvgIpc) is 2.65. The van der Waals surface area contributed by atoms with E-state index in [9.17, 15) is 9.59 Å². The molecule has 0 aromatic heterocycles. The molecule has 0 radical (unpaired) electrons. The van der Waals surface area contributed by atoms with Crippen molar-refractivity contribution < 1.29 is 9.59 Å². The lowest BCUT2D eigenvalue weighted by Gasteiger charge is -2.18. The minimum atomic E-state index is -0.361. The Morgan fingerprint density at radius 1 is 1.05 bits per heavy atom. The maximum atomic E-state index is 12.0. The minimum Gasteiger partial charge on any atom is -0.304 e. The van der Waals surface area contributed by atoms with Crippen LogP contribution in [0.1, 0.15) is 54.9 Å². The molecule has 1 aliphatic heterocycles. The Morgan fingerprint density at radius 3 is 2.53 bits per heavy atom. The lowest BCUT2D eigenvalue weighted by atomic mass is 10.1. The van der Waals surface area contributed by atoms with Crippen molar-refractivity contribution in [3.05, 3.63) is 29.3 Å². The standard InChI is InChI=1S/C16H21NO2/c1-3-4-5-6-7-11-17-14-12(2)9-8-10-13(14)15(18)16(17)19/h8-10H,3-7,11H2,1-2H3. The number of Topliss-reactive ketones (excluding diaryl/α,β-unsaturated/α-hetero) is 1. The summed E-state index contributed by atoms with van der Waals surface area (Å²) in [6.45, 7) is 4.79. The molecule has 0 bridgehead atoms. The topological polar surface area (TPSA) is 37.4 Å². The van der Waals surface area contributed by atoms with Crippen molar-refractivity contribution in [1.82, 2.24) is 0 Å². The first kappa shape index (κ1) is 13.8. The molecule has 0 spiro atoms. The number of amides is 1. The summed E-state index contributed by atoms with van der Waals surface area (Å²) in [5, 5.41) is 0. The first-order valence-electron chi connectivity index (χ1n) is 7.12. The van der Waals surface area contributed by atoms with Crippen molar-refractivity contribution in [2.24, 2.45) is 0 Å². The van der Waals surface area contributed by atoms with Crippen LogP contribution in [0.4, 0.5) is 5.69 Å². The smallest absolute Gasteiger partial charge is 0.299 e. The molecule has 3 heteroatoms. The maximum absolute atomic E-state index is 12.0. The van der Waals surface area contributed by atoms with Crippen LogP contribution in [0.25, 0.3) is 0 Å². The average molecular weight is 259 g/mol. The SMILES string of the molecule is CCCCCCCN1C(=O)C(=O)c2cccc(C)c21. The first-order valence-corrected chi connectivity index (χ1v) is 7.12. The maximum Gasteiger partial charge on any atom is 0.299 e. The molecule has 0 saturated carbocycles. The molecule has 1 heterocycles. The molecule has 0 atom stereocenters. The molecule has 0 saturated heterocycles. The van der Waals surface area contributed by atoms with Crippen molar-refractivity contribution in [2.45, 2.75) is 46.0 Å². The third-order valence-corrected chi connectivity index (χ3v) is 3.68.